The number of anilines is 1. The van der Waals surface area contributed by atoms with Crippen LogP contribution in [0.25, 0.3) is 5.69 Å². The fourth-order valence-electron chi connectivity index (χ4n) is 4.38. The predicted octanol–water partition coefficient (Wildman–Crippen LogP) is 2.90. The molecular weight excluding hydrogens is 416 g/mol. The summed E-state index contributed by atoms with van der Waals surface area (Å²) in [5.41, 5.74) is 12.9. The SMILES string of the molecule is Cc1cc(NC(=O)Cc2cc(C(=N)N)ccc2O)ccc1-n1nc(CN(C)C)c2c1CCC2. The van der Waals surface area contributed by atoms with E-state index in [4.69, 9.17) is 16.2 Å². The van der Waals surface area contributed by atoms with Crippen molar-refractivity contribution in [2.75, 3.05) is 19.4 Å². The van der Waals surface area contributed by atoms with Crippen LogP contribution in [0.1, 0.15) is 40.1 Å². The average molecular weight is 447 g/mol. The van der Waals surface area contributed by atoms with Crippen LogP contribution in [0.5, 0.6) is 5.75 Å². The number of aromatic nitrogens is 2. The van der Waals surface area contributed by atoms with Gasteiger partial charge in [0.25, 0.3) is 0 Å². The van der Waals surface area contributed by atoms with Gasteiger partial charge in [0.05, 0.1) is 17.8 Å². The van der Waals surface area contributed by atoms with E-state index in [1.807, 2.05) is 25.1 Å². The Hall–Kier alpha value is -3.65. The number of phenols is 1. The van der Waals surface area contributed by atoms with Gasteiger partial charge in [0.2, 0.25) is 5.91 Å². The van der Waals surface area contributed by atoms with E-state index < -0.39 is 0 Å². The van der Waals surface area contributed by atoms with E-state index in [1.165, 1.54) is 17.3 Å². The molecule has 0 unspecified atom stereocenters. The monoisotopic (exact) mass is 446 g/mol. The Kier molecular flexibility index (Phi) is 6.20. The molecule has 0 spiro atoms. The maximum absolute atomic E-state index is 12.6. The summed E-state index contributed by atoms with van der Waals surface area (Å²) >= 11 is 0. The molecule has 1 aliphatic rings. The Bertz CT molecular complexity index is 1230. The van der Waals surface area contributed by atoms with Crippen LogP contribution in [0.4, 0.5) is 5.69 Å². The number of carbonyl (C=O) groups excluding carboxylic acids is 1. The van der Waals surface area contributed by atoms with Crippen LogP contribution in [0.2, 0.25) is 0 Å². The number of hydrogen-bond acceptors (Lipinski definition) is 5. The molecule has 2 aromatic carbocycles. The Morgan fingerprint density at radius 3 is 2.73 bits per heavy atom. The maximum Gasteiger partial charge on any atom is 0.228 e. The van der Waals surface area contributed by atoms with E-state index >= 15 is 0 Å². The van der Waals surface area contributed by atoms with E-state index in [0.29, 0.717) is 16.8 Å². The molecular formula is C25H30N6O2. The lowest BCUT2D eigenvalue weighted by atomic mass is 10.1. The van der Waals surface area contributed by atoms with Gasteiger partial charge in [0.15, 0.2) is 0 Å². The first-order valence-corrected chi connectivity index (χ1v) is 11.0. The highest BCUT2D eigenvalue weighted by Gasteiger charge is 2.24. The summed E-state index contributed by atoms with van der Waals surface area (Å²) in [5, 5.41) is 25.4. The molecule has 0 radical (unpaired) electrons. The van der Waals surface area contributed by atoms with Crippen molar-refractivity contribution < 1.29 is 9.90 Å². The molecule has 8 nitrogen and oxygen atoms in total. The highest BCUT2D eigenvalue weighted by molar-refractivity contribution is 5.96. The molecule has 0 fully saturated rings. The molecule has 0 bridgehead atoms. The van der Waals surface area contributed by atoms with Gasteiger partial charge in [-0.05, 0) is 87.8 Å². The largest absolute Gasteiger partial charge is 0.508 e. The van der Waals surface area contributed by atoms with Gasteiger partial charge < -0.3 is 21.1 Å². The number of amides is 1. The van der Waals surface area contributed by atoms with Gasteiger partial charge in [0.1, 0.15) is 11.6 Å². The Morgan fingerprint density at radius 1 is 1.24 bits per heavy atom. The molecule has 0 aliphatic heterocycles. The van der Waals surface area contributed by atoms with Crippen LogP contribution in [-0.4, -0.2) is 45.6 Å². The van der Waals surface area contributed by atoms with Crippen molar-refractivity contribution in [3.05, 3.63) is 70.0 Å². The third-order valence-corrected chi connectivity index (χ3v) is 5.93. The second-order valence-corrected chi connectivity index (χ2v) is 8.86. The summed E-state index contributed by atoms with van der Waals surface area (Å²) in [6, 6.07) is 10.4. The molecule has 4 rings (SSSR count). The predicted molar refractivity (Wildman–Crippen MR) is 129 cm³/mol. The van der Waals surface area contributed by atoms with Gasteiger partial charge in [-0.2, -0.15) is 5.10 Å². The normalized spacial score (nSPS) is 12.7. The fourth-order valence-corrected chi connectivity index (χ4v) is 4.38. The number of rotatable bonds is 7. The third kappa shape index (κ3) is 4.75. The first-order chi connectivity index (χ1) is 15.7. The molecule has 0 saturated heterocycles. The van der Waals surface area contributed by atoms with E-state index in [-0.39, 0.29) is 23.9 Å². The van der Waals surface area contributed by atoms with Crippen LogP contribution in [-0.2, 0) is 30.6 Å². The molecule has 0 saturated carbocycles. The number of benzene rings is 2. The van der Waals surface area contributed by atoms with Gasteiger partial charge in [-0.1, -0.05) is 0 Å². The molecule has 1 aliphatic carbocycles. The highest BCUT2D eigenvalue weighted by atomic mass is 16.3. The molecule has 1 aromatic heterocycles. The van der Waals surface area contributed by atoms with Gasteiger partial charge in [0, 0.05) is 29.1 Å². The lowest BCUT2D eigenvalue weighted by Crippen LogP contribution is -2.16. The number of aromatic hydroxyl groups is 1. The van der Waals surface area contributed by atoms with Crippen LogP contribution >= 0.6 is 0 Å². The highest BCUT2D eigenvalue weighted by Crippen LogP contribution is 2.30. The van der Waals surface area contributed by atoms with Gasteiger partial charge >= 0.3 is 0 Å². The fraction of sp³-hybridized carbons (Fsp3) is 0.320. The van der Waals surface area contributed by atoms with Crippen LogP contribution in [0.3, 0.4) is 0 Å². The topological polar surface area (TPSA) is 120 Å². The van der Waals surface area contributed by atoms with Gasteiger partial charge in [-0.15, -0.1) is 0 Å². The summed E-state index contributed by atoms with van der Waals surface area (Å²) < 4.78 is 2.06. The minimum Gasteiger partial charge on any atom is -0.508 e. The van der Waals surface area contributed by atoms with Crippen LogP contribution in [0.15, 0.2) is 36.4 Å². The smallest absolute Gasteiger partial charge is 0.228 e. The van der Waals surface area contributed by atoms with Crippen molar-refractivity contribution in [2.45, 2.75) is 39.2 Å². The molecule has 3 aromatic rings. The Morgan fingerprint density at radius 2 is 2.03 bits per heavy atom. The molecule has 5 N–H and O–H groups in total. The van der Waals surface area contributed by atoms with E-state index in [9.17, 15) is 9.90 Å². The lowest BCUT2D eigenvalue weighted by molar-refractivity contribution is -0.115. The zero-order valence-corrected chi connectivity index (χ0v) is 19.3. The molecule has 1 heterocycles. The Labute approximate surface area is 193 Å². The molecule has 0 atom stereocenters. The number of amidine groups is 1. The van der Waals surface area contributed by atoms with Crippen molar-refractivity contribution in [3.63, 3.8) is 0 Å². The van der Waals surface area contributed by atoms with Crippen LogP contribution < -0.4 is 11.1 Å². The second kappa shape index (κ2) is 9.07. The van der Waals surface area contributed by atoms with Gasteiger partial charge in [-0.3, -0.25) is 10.2 Å². The minimum absolute atomic E-state index is 0.00254. The first kappa shape index (κ1) is 22.5. The van der Waals surface area contributed by atoms with Crippen LogP contribution in [0, 0.1) is 12.3 Å². The molecule has 8 heteroatoms. The number of nitrogens with zero attached hydrogens (tertiary/aromatic N) is 3. The van der Waals surface area contributed by atoms with Crippen molar-refractivity contribution >= 4 is 17.4 Å². The number of aryl methyl sites for hydroxylation is 1. The zero-order valence-electron chi connectivity index (χ0n) is 19.3. The number of nitrogen functional groups attached to an aromatic ring is 1. The second-order valence-electron chi connectivity index (χ2n) is 8.86. The van der Waals surface area contributed by atoms with Crippen molar-refractivity contribution in [1.82, 2.24) is 14.7 Å². The standard InChI is InChI=1S/C25H30N6O2/c1-15-11-18(28-24(33)13-17-12-16(25(26)27)7-10-23(17)32)8-9-21(15)31-22-6-4-5-19(22)20(29-31)14-30(2)3/h7-12,32H,4-6,13-14H2,1-3H3,(H3,26,27)(H,28,33). The van der Waals surface area contributed by atoms with Crippen molar-refractivity contribution in [2.24, 2.45) is 5.73 Å². The number of hydrogen-bond donors (Lipinski definition) is 4. The Balaban J connectivity index is 1.53. The molecule has 33 heavy (non-hydrogen) atoms. The summed E-state index contributed by atoms with van der Waals surface area (Å²) in [6.07, 6.45) is 3.23. The number of nitrogens with one attached hydrogen (secondary N) is 2. The molecule has 172 valence electrons. The first-order valence-electron chi connectivity index (χ1n) is 11.0. The molecule has 1 amide bonds. The zero-order chi connectivity index (χ0) is 23.7. The van der Waals surface area contributed by atoms with Crippen molar-refractivity contribution in [1.29, 1.82) is 5.41 Å². The third-order valence-electron chi connectivity index (χ3n) is 5.93. The average Bonchev–Trinajstić information content (AvgIpc) is 3.33. The minimum atomic E-state index is -0.258. The summed E-state index contributed by atoms with van der Waals surface area (Å²) in [5.74, 6) is -0.365. The number of carbonyl (C=O) groups is 1. The van der Waals surface area contributed by atoms with E-state index in [2.05, 4.69) is 29.0 Å². The number of nitrogens with two attached hydrogens (primary N) is 1. The van der Waals surface area contributed by atoms with Crippen molar-refractivity contribution in [3.8, 4) is 11.4 Å². The quantitative estimate of drug-likeness (QED) is 0.329. The lowest BCUT2D eigenvalue weighted by Gasteiger charge is -2.13. The summed E-state index contributed by atoms with van der Waals surface area (Å²) in [4.78, 5) is 14.8. The number of phenolic OH excluding ortho intramolecular Hbond substituents is 1. The van der Waals surface area contributed by atoms with Gasteiger partial charge in [-0.25, -0.2) is 4.68 Å². The van der Waals surface area contributed by atoms with E-state index in [1.54, 1.807) is 12.1 Å². The number of fused-ring (bicyclic) bond motifs is 1. The maximum atomic E-state index is 12.6. The summed E-state index contributed by atoms with van der Waals surface area (Å²) in [6.45, 7) is 2.84. The van der Waals surface area contributed by atoms with E-state index in [0.717, 1.165) is 42.8 Å². The summed E-state index contributed by atoms with van der Waals surface area (Å²) in [7, 11) is 4.11.